The molecule has 0 saturated carbocycles. The number of carbonyl (C=O) groups excluding carboxylic acids is 2. The Morgan fingerprint density at radius 1 is 1.19 bits per heavy atom. The molecule has 6 nitrogen and oxygen atoms in total. The molecular weight excluding hydrogens is 351 g/mol. The molecule has 0 aliphatic rings. The number of esters is 1. The van der Waals surface area contributed by atoms with Crippen molar-refractivity contribution in [2.24, 2.45) is 0 Å². The van der Waals surface area contributed by atoms with Crippen LogP contribution in [0.2, 0.25) is 0 Å². The molecule has 0 aliphatic heterocycles. The molecule has 0 saturated heterocycles. The highest BCUT2D eigenvalue weighted by atomic mass is 19.1. The lowest BCUT2D eigenvalue weighted by Crippen LogP contribution is -2.15. The van der Waals surface area contributed by atoms with Gasteiger partial charge in [-0.1, -0.05) is 6.07 Å². The van der Waals surface area contributed by atoms with Crippen molar-refractivity contribution >= 4 is 17.6 Å². The quantitative estimate of drug-likeness (QED) is 0.694. The van der Waals surface area contributed by atoms with Gasteiger partial charge in [0.2, 0.25) is 11.8 Å². The van der Waals surface area contributed by atoms with Crippen LogP contribution >= 0.6 is 0 Å². The van der Waals surface area contributed by atoms with Gasteiger partial charge >= 0.3 is 5.97 Å². The van der Waals surface area contributed by atoms with Crippen LogP contribution in [-0.2, 0) is 16.0 Å². The van der Waals surface area contributed by atoms with Crippen LogP contribution in [0.25, 0.3) is 11.5 Å². The van der Waals surface area contributed by atoms with Crippen molar-refractivity contribution in [3.05, 3.63) is 71.4 Å². The summed E-state index contributed by atoms with van der Waals surface area (Å²) in [4.78, 5) is 28.0. The summed E-state index contributed by atoms with van der Waals surface area (Å²) in [7, 11) is 1.30. The van der Waals surface area contributed by atoms with Crippen molar-refractivity contribution in [3.63, 3.8) is 0 Å². The number of aryl methyl sites for hydroxylation is 1. The Balaban J connectivity index is 1.68. The number of halogens is 1. The topological polar surface area (TPSA) is 81.4 Å². The third-order valence-electron chi connectivity index (χ3n) is 3.88. The highest BCUT2D eigenvalue weighted by Gasteiger charge is 2.15. The summed E-state index contributed by atoms with van der Waals surface area (Å²) in [6.45, 7) is 1.70. The Morgan fingerprint density at radius 2 is 1.93 bits per heavy atom. The molecule has 138 valence electrons. The minimum absolute atomic E-state index is 0.00338. The van der Waals surface area contributed by atoms with Gasteiger partial charge in [-0.2, -0.15) is 0 Å². The Morgan fingerprint density at radius 3 is 2.59 bits per heavy atom. The number of methoxy groups -OCH3 is 1. The van der Waals surface area contributed by atoms with Crippen molar-refractivity contribution in [3.8, 4) is 11.5 Å². The predicted octanol–water partition coefficient (Wildman–Crippen LogP) is 3.76. The van der Waals surface area contributed by atoms with E-state index in [-0.39, 0.29) is 18.2 Å². The monoisotopic (exact) mass is 368 g/mol. The van der Waals surface area contributed by atoms with Crippen molar-refractivity contribution in [1.82, 2.24) is 4.98 Å². The zero-order chi connectivity index (χ0) is 19.4. The molecule has 2 aromatic carbocycles. The summed E-state index contributed by atoms with van der Waals surface area (Å²) in [5.74, 6) is -0.375. The number of aromatic nitrogens is 1. The molecule has 1 N–H and O–H groups in total. The van der Waals surface area contributed by atoms with Crippen LogP contribution in [0.5, 0.6) is 0 Å². The largest absolute Gasteiger partial charge is 0.465 e. The number of nitrogens with one attached hydrogen (secondary N) is 1. The van der Waals surface area contributed by atoms with Crippen molar-refractivity contribution in [2.75, 3.05) is 12.4 Å². The first-order valence-corrected chi connectivity index (χ1v) is 8.16. The van der Waals surface area contributed by atoms with Gasteiger partial charge in [0, 0.05) is 11.3 Å². The second-order valence-electron chi connectivity index (χ2n) is 5.83. The van der Waals surface area contributed by atoms with Crippen molar-refractivity contribution in [1.29, 1.82) is 0 Å². The normalized spacial score (nSPS) is 10.5. The summed E-state index contributed by atoms with van der Waals surface area (Å²) in [6.07, 6.45) is 0.00338. The lowest BCUT2D eigenvalue weighted by atomic mass is 10.2. The maximum atomic E-state index is 13.4. The maximum Gasteiger partial charge on any atom is 0.337 e. The first kappa shape index (κ1) is 18.3. The smallest absolute Gasteiger partial charge is 0.337 e. The molecule has 0 spiro atoms. The van der Waals surface area contributed by atoms with Crippen molar-refractivity contribution in [2.45, 2.75) is 13.3 Å². The zero-order valence-electron chi connectivity index (χ0n) is 14.8. The van der Waals surface area contributed by atoms with Crippen LogP contribution in [-0.4, -0.2) is 24.0 Å². The van der Waals surface area contributed by atoms with Gasteiger partial charge in [-0.3, -0.25) is 4.79 Å². The van der Waals surface area contributed by atoms with E-state index in [1.54, 1.807) is 43.3 Å². The van der Waals surface area contributed by atoms with Gasteiger partial charge in [0.1, 0.15) is 11.6 Å². The predicted molar refractivity (Wildman–Crippen MR) is 96.7 cm³/mol. The summed E-state index contributed by atoms with van der Waals surface area (Å²) < 4.78 is 23.5. The summed E-state index contributed by atoms with van der Waals surface area (Å²) in [5, 5.41) is 2.73. The molecule has 0 aliphatic carbocycles. The van der Waals surface area contributed by atoms with E-state index in [0.29, 0.717) is 28.3 Å². The van der Waals surface area contributed by atoms with Crippen LogP contribution in [0.15, 0.2) is 52.9 Å². The van der Waals surface area contributed by atoms with Crippen LogP contribution in [0.4, 0.5) is 10.1 Å². The summed E-state index contributed by atoms with van der Waals surface area (Å²) >= 11 is 0. The molecule has 0 unspecified atom stereocenters. The third kappa shape index (κ3) is 4.38. The fourth-order valence-electron chi connectivity index (χ4n) is 2.50. The number of benzene rings is 2. The lowest BCUT2D eigenvalue weighted by Gasteiger charge is -2.05. The molecule has 1 heterocycles. The molecule has 1 amide bonds. The van der Waals surface area contributed by atoms with E-state index < -0.39 is 11.8 Å². The Bertz CT molecular complexity index is 980. The van der Waals surface area contributed by atoms with Gasteiger partial charge in [0.05, 0.1) is 24.8 Å². The zero-order valence-corrected chi connectivity index (χ0v) is 14.8. The SMILES string of the molecule is COC(=O)c1ccc(NC(=O)Cc2nc(-c3cccc(F)c3)oc2C)cc1. The van der Waals surface area contributed by atoms with E-state index >= 15 is 0 Å². The number of carbonyl (C=O) groups is 2. The maximum absolute atomic E-state index is 13.4. The number of nitrogens with zero attached hydrogens (tertiary/aromatic N) is 1. The summed E-state index contributed by atoms with van der Waals surface area (Å²) in [5.41, 5.74) is 1.91. The number of amides is 1. The van der Waals surface area contributed by atoms with E-state index in [1.165, 1.54) is 19.2 Å². The fourth-order valence-corrected chi connectivity index (χ4v) is 2.50. The van der Waals surface area contributed by atoms with E-state index in [2.05, 4.69) is 15.0 Å². The minimum atomic E-state index is -0.448. The number of anilines is 1. The second-order valence-corrected chi connectivity index (χ2v) is 5.83. The van der Waals surface area contributed by atoms with Crippen LogP contribution in [0.3, 0.4) is 0 Å². The van der Waals surface area contributed by atoms with E-state index in [9.17, 15) is 14.0 Å². The summed E-state index contributed by atoms with van der Waals surface area (Å²) in [6, 6.07) is 12.2. The molecule has 0 atom stereocenters. The highest BCUT2D eigenvalue weighted by Crippen LogP contribution is 2.23. The second kappa shape index (κ2) is 7.82. The Kier molecular flexibility index (Phi) is 5.30. The van der Waals surface area contributed by atoms with Crippen molar-refractivity contribution < 1.29 is 23.1 Å². The molecule has 0 fully saturated rings. The van der Waals surface area contributed by atoms with Gasteiger partial charge in [-0.05, 0) is 49.4 Å². The first-order valence-electron chi connectivity index (χ1n) is 8.16. The van der Waals surface area contributed by atoms with Gasteiger partial charge in [-0.25, -0.2) is 14.2 Å². The van der Waals surface area contributed by atoms with Crippen LogP contribution in [0, 0.1) is 12.7 Å². The van der Waals surface area contributed by atoms with Gasteiger partial charge < -0.3 is 14.5 Å². The van der Waals surface area contributed by atoms with Gasteiger partial charge in [-0.15, -0.1) is 0 Å². The third-order valence-corrected chi connectivity index (χ3v) is 3.88. The van der Waals surface area contributed by atoms with Crippen LogP contribution < -0.4 is 5.32 Å². The molecule has 1 aromatic heterocycles. The van der Waals surface area contributed by atoms with Gasteiger partial charge in [0.15, 0.2) is 0 Å². The van der Waals surface area contributed by atoms with Gasteiger partial charge in [0.25, 0.3) is 0 Å². The highest BCUT2D eigenvalue weighted by molar-refractivity contribution is 5.93. The lowest BCUT2D eigenvalue weighted by molar-refractivity contribution is -0.115. The molecule has 3 aromatic rings. The minimum Gasteiger partial charge on any atom is -0.465 e. The molecule has 0 bridgehead atoms. The number of hydrogen-bond acceptors (Lipinski definition) is 5. The van der Waals surface area contributed by atoms with E-state index in [0.717, 1.165) is 0 Å². The first-order chi connectivity index (χ1) is 13.0. The van der Waals surface area contributed by atoms with E-state index in [1.807, 2.05) is 0 Å². The molecule has 7 heteroatoms. The molecule has 3 rings (SSSR count). The standard InChI is InChI=1S/C20H17FN2O4/c1-12-17(23-19(27-12)14-4-3-5-15(21)10-14)11-18(24)22-16-8-6-13(7-9-16)20(25)26-2/h3-10H,11H2,1-2H3,(H,22,24). The molecular formula is C20H17FN2O4. The number of hydrogen-bond donors (Lipinski definition) is 1. The average Bonchev–Trinajstić information content (AvgIpc) is 3.02. The Labute approximate surface area is 155 Å². The van der Waals surface area contributed by atoms with Crippen LogP contribution in [0.1, 0.15) is 21.8 Å². The fraction of sp³-hybridized carbons (Fsp3) is 0.150. The average molecular weight is 368 g/mol. The number of ether oxygens (including phenoxy) is 1. The molecule has 27 heavy (non-hydrogen) atoms. The Hall–Kier alpha value is -3.48. The van der Waals surface area contributed by atoms with E-state index in [4.69, 9.17) is 4.42 Å². The molecule has 0 radical (unpaired) electrons. The number of rotatable bonds is 5. The number of oxazole rings is 1.